The number of carboxylic acid groups (broad SMARTS) is 1. The highest BCUT2D eigenvalue weighted by Crippen LogP contribution is 2.08. The van der Waals surface area contributed by atoms with Gasteiger partial charge in [-0.1, -0.05) is 6.07 Å². The molecule has 0 bridgehead atoms. The Morgan fingerprint density at radius 3 is 2.83 bits per heavy atom. The van der Waals surface area contributed by atoms with E-state index in [4.69, 9.17) is 5.11 Å². The van der Waals surface area contributed by atoms with E-state index >= 15 is 0 Å². The van der Waals surface area contributed by atoms with E-state index in [0.29, 0.717) is 13.1 Å². The Labute approximate surface area is 110 Å². The van der Waals surface area contributed by atoms with Crippen molar-refractivity contribution in [2.45, 2.75) is 19.8 Å². The molecule has 0 aliphatic heterocycles. The van der Waals surface area contributed by atoms with Crippen molar-refractivity contribution in [2.75, 3.05) is 19.6 Å². The molecule has 1 aromatic rings. The Bertz CT molecular complexity index is 379. The predicted octanol–water partition coefficient (Wildman–Crippen LogP) is 1.80. The predicted molar refractivity (Wildman–Crippen MR) is 70.9 cm³/mol. The number of carbonyl (C=O) groups excluding carboxylic acids is 1. The molecule has 0 saturated heterocycles. The van der Waals surface area contributed by atoms with Gasteiger partial charge in [0.1, 0.15) is 0 Å². The quantitative estimate of drug-likeness (QED) is 0.793. The first-order chi connectivity index (χ1) is 8.63. The molecule has 18 heavy (non-hydrogen) atoms. The Kier molecular flexibility index (Phi) is 6.21. The van der Waals surface area contributed by atoms with E-state index in [-0.39, 0.29) is 19.0 Å². The van der Waals surface area contributed by atoms with E-state index in [1.807, 2.05) is 24.4 Å². The van der Waals surface area contributed by atoms with Crippen LogP contribution in [0.4, 0.5) is 4.79 Å². The summed E-state index contributed by atoms with van der Waals surface area (Å²) < 4.78 is 0. The number of thiophene rings is 1. The summed E-state index contributed by atoms with van der Waals surface area (Å²) in [6.07, 6.45) is 0.784. The molecule has 100 valence electrons. The second kappa shape index (κ2) is 7.71. The third-order valence-electron chi connectivity index (χ3n) is 2.49. The average molecular weight is 270 g/mol. The second-order valence-corrected chi connectivity index (χ2v) is 4.82. The number of carboxylic acids is 1. The van der Waals surface area contributed by atoms with Crippen molar-refractivity contribution in [1.82, 2.24) is 10.2 Å². The lowest BCUT2D eigenvalue weighted by atomic mass is 10.3. The fourth-order valence-electron chi connectivity index (χ4n) is 1.49. The van der Waals surface area contributed by atoms with Crippen LogP contribution in [-0.4, -0.2) is 41.6 Å². The monoisotopic (exact) mass is 270 g/mol. The van der Waals surface area contributed by atoms with Crippen LogP contribution in [0.5, 0.6) is 0 Å². The highest BCUT2D eigenvalue weighted by atomic mass is 32.1. The van der Waals surface area contributed by atoms with Gasteiger partial charge in [0.25, 0.3) is 0 Å². The highest BCUT2D eigenvalue weighted by molar-refractivity contribution is 7.09. The molecule has 0 atom stereocenters. The van der Waals surface area contributed by atoms with Crippen LogP contribution in [0.3, 0.4) is 0 Å². The normalized spacial score (nSPS) is 10.1. The number of urea groups is 1. The van der Waals surface area contributed by atoms with Crippen LogP contribution in [0.2, 0.25) is 0 Å². The zero-order chi connectivity index (χ0) is 13.4. The number of amides is 2. The van der Waals surface area contributed by atoms with Crippen molar-refractivity contribution in [3.8, 4) is 0 Å². The largest absolute Gasteiger partial charge is 0.481 e. The minimum atomic E-state index is -0.889. The first kappa shape index (κ1) is 14.5. The van der Waals surface area contributed by atoms with E-state index in [2.05, 4.69) is 5.32 Å². The van der Waals surface area contributed by atoms with Gasteiger partial charge in [-0.15, -0.1) is 11.3 Å². The first-order valence-electron chi connectivity index (χ1n) is 5.90. The Morgan fingerprint density at radius 2 is 2.28 bits per heavy atom. The lowest BCUT2D eigenvalue weighted by Crippen LogP contribution is -2.41. The van der Waals surface area contributed by atoms with Gasteiger partial charge in [0, 0.05) is 24.5 Å². The fourth-order valence-corrected chi connectivity index (χ4v) is 2.20. The number of hydrogen-bond acceptors (Lipinski definition) is 3. The molecule has 6 heteroatoms. The van der Waals surface area contributed by atoms with Crippen LogP contribution < -0.4 is 5.32 Å². The zero-order valence-corrected chi connectivity index (χ0v) is 11.2. The number of nitrogens with one attached hydrogen (secondary N) is 1. The molecule has 0 radical (unpaired) electrons. The summed E-state index contributed by atoms with van der Waals surface area (Å²) in [5.41, 5.74) is 0. The number of carbonyl (C=O) groups is 2. The Hall–Kier alpha value is -1.56. The molecule has 1 rings (SSSR count). The van der Waals surface area contributed by atoms with Gasteiger partial charge in [-0.2, -0.15) is 0 Å². The van der Waals surface area contributed by atoms with Crippen LogP contribution in [0.25, 0.3) is 0 Å². The van der Waals surface area contributed by atoms with E-state index < -0.39 is 5.97 Å². The maximum Gasteiger partial charge on any atom is 0.317 e. The molecule has 0 unspecified atom stereocenters. The van der Waals surface area contributed by atoms with Crippen LogP contribution >= 0.6 is 11.3 Å². The fraction of sp³-hybridized carbons (Fsp3) is 0.500. The molecule has 2 N–H and O–H groups in total. The van der Waals surface area contributed by atoms with E-state index in [1.54, 1.807) is 11.3 Å². The summed E-state index contributed by atoms with van der Waals surface area (Å²) in [4.78, 5) is 24.9. The van der Waals surface area contributed by atoms with Gasteiger partial charge in [0.05, 0.1) is 6.42 Å². The van der Waals surface area contributed by atoms with E-state index in [1.165, 1.54) is 9.78 Å². The summed E-state index contributed by atoms with van der Waals surface area (Å²) in [5, 5.41) is 13.4. The molecule has 1 heterocycles. The maximum atomic E-state index is 11.7. The molecule has 0 aliphatic rings. The molecular formula is C12H18N2O3S. The third kappa shape index (κ3) is 5.18. The van der Waals surface area contributed by atoms with Gasteiger partial charge >= 0.3 is 12.0 Å². The van der Waals surface area contributed by atoms with E-state index in [9.17, 15) is 9.59 Å². The third-order valence-corrected chi connectivity index (χ3v) is 3.43. The number of aliphatic carboxylic acids is 1. The molecule has 2 amide bonds. The topological polar surface area (TPSA) is 69.6 Å². The van der Waals surface area contributed by atoms with Gasteiger partial charge in [-0.3, -0.25) is 4.79 Å². The minimum Gasteiger partial charge on any atom is -0.481 e. The van der Waals surface area contributed by atoms with Crippen molar-refractivity contribution in [3.05, 3.63) is 22.4 Å². The number of nitrogens with zero attached hydrogens (tertiary/aromatic N) is 1. The van der Waals surface area contributed by atoms with Crippen LogP contribution in [0.15, 0.2) is 17.5 Å². The number of rotatable bonds is 7. The summed E-state index contributed by atoms with van der Waals surface area (Å²) in [5.74, 6) is -0.889. The van der Waals surface area contributed by atoms with Crippen LogP contribution in [-0.2, 0) is 11.2 Å². The molecule has 0 fully saturated rings. The zero-order valence-electron chi connectivity index (χ0n) is 10.4. The van der Waals surface area contributed by atoms with Gasteiger partial charge in [-0.05, 0) is 24.8 Å². The van der Waals surface area contributed by atoms with Gasteiger partial charge in [-0.25, -0.2) is 4.79 Å². The van der Waals surface area contributed by atoms with Crippen molar-refractivity contribution in [1.29, 1.82) is 0 Å². The SMILES string of the molecule is CCN(CCC(=O)O)C(=O)NCCc1cccs1. The first-order valence-corrected chi connectivity index (χ1v) is 6.78. The number of hydrogen-bond donors (Lipinski definition) is 2. The standard InChI is InChI=1S/C12H18N2O3S/c1-2-14(8-6-11(15)16)12(17)13-7-5-10-4-3-9-18-10/h3-4,9H,2,5-8H2,1H3,(H,13,17)(H,15,16). The second-order valence-electron chi connectivity index (χ2n) is 3.78. The Morgan fingerprint density at radius 1 is 1.50 bits per heavy atom. The Balaban J connectivity index is 2.26. The molecule has 1 aromatic heterocycles. The molecule has 0 aliphatic carbocycles. The summed E-state index contributed by atoms with van der Waals surface area (Å²) in [6, 6.07) is 3.81. The average Bonchev–Trinajstić information content (AvgIpc) is 2.82. The summed E-state index contributed by atoms with van der Waals surface area (Å²) >= 11 is 1.66. The van der Waals surface area contributed by atoms with Crippen molar-refractivity contribution in [3.63, 3.8) is 0 Å². The molecule has 0 aromatic carbocycles. The van der Waals surface area contributed by atoms with Crippen LogP contribution in [0.1, 0.15) is 18.2 Å². The summed E-state index contributed by atoms with van der Waals surface area (Å²) in [6.45, 7) is 3.17. The summed E-state index contributed by atoms with van der Waals surface area (Å²) in [7, 11) is 0. The lowest BCUT2D eigenvalue weighted by molar-refractivity contribution is -0.137. The van der Waals surface area contributed by atoms with Crippen LogP contribution in [0, 0.1) is 0 Å². The lowest BCUT2D eigenvalue weighted by Gasteiger charge is -2.20. The van der Waals surface area contributed by atoms with Crippen molar-refractivity contribution >= 4 is 23.3 Å². The smallest absolute Gasteiger partial charge is 0.317 e. The van der Waals surface area contributed by atoms with Crippen molar-refractivity contribution in [2.24, 2.45) is 0 Å². The van der Waals surface area contributed by atoms with Crippen molar-refractivity contribution < 1.29 is 14.7 Å². The van der Waals surface area contributed by atoms with E-state index in [0.717, 1.165) is 6.42 Å². The molecular weight excluding hydrogens is 252 g/mol. The molecule has 5 nitrogen and oxygen atoms in total. The molecule has 0 saturated carbocycles. The highest BCUT2D eigenvalue weighted by Gasteiger charge is 2.12. The van der Waals surface area contributed by atoms with Gasteiger partial charge < -0.3 is 15.3 Å². The molecule has 0 spiro atoms. The maximum absolute atomic E-state index is 11.7. The van der Waals surface area contributed by atoms with Gasteiger partial charge in [0.15, 0.2) is 0 Å². The van der Waals surface area contributed by atoms with Gasteiger partial charge in [0.2, 0.25) is 0 Å². The minimum absolute atomic E-state index is 0.0216.